The van der Waals surface area contributed by atoms with Crippen molar-refractivity contribution in [3.63, 3.8) is 0 Å². The Morgan fingerprint density at radius 3 is 2.67 bits per heavy atom. The molecular formula is C26H38N6O. The van der Waals surface area contributed by atoms with E-state index in [4.69, 9.17) is 0 Å². The molecule has 3 unspecified atom stereocenters. The third kappa shape index (κ3) is 4.25. The largest absolute Gasteiger partial charge is 0.368 e. The number of fused-ring (bicyclic) bond motifs is 2. The number of nitrogens with zero attached hydrogens (tertiary/aromatic N) is 3. The highest BCUT2D eigenvalue weighted by Gasteiger charge is 2.51. The fraction of sp³-hybridized carbons (Fsp3) is 0.692. The minimum absolute atomic E-state index is 0.0320. The molecule has 0 radical (unpaired) electrons. The van der Waals surface area contributed by atoms with Crippen LogP contribution < -0.4 is 16.1 Å². The van der Waals surface area contributed by atoms with E-state index >= 15 is 0 Å². The number of nitrogens with one attached hydrogen (secondary N) is 3. The van der Waals surface area contributed by atoms with Gasteiger partial charge in [0.2, 0.25) is 5.91 Å². The van der Waals surface area contributed by atoms with Gasteiger partial charge in [0.15, 0.2) is 0 Å². The molecule has 3 fully saturated rings. The van der Waals surface area contributed by atoms with Crippen LogP contribution in [0.4, 0.5) is 5.69 Å². The fourth-order valence-corrected chi connectivity index (χ4v) is 6.30. The van der Waals surface area contributed by atoms with Crippen LogP contribution in [-0.4, -0.2) is 46.7 Å². The van der Waals surface area contributed by atoms with Crippen LogP contribution in [0.3, 0.4) is 0 Å². The van der Waals surface area contributed by atoms with E-state index in [0.29, 0.717) is 18.5 Å². The van der Waals surface area contributed by atoms with E-state index in [1.807, 2.05) is 0 Å². The molecular weight excluding hydrogens is 412 g/mol. The topological polar surface area (TPSA) is 83.4 Å². The van der Waals surface area contributed by atoms with Crippen LogP contribution >= 0.6 is 0 Å². The van der Waals surface area contributed by atoms with Crippen molar-refractivity contribution in [3.8, 4) is 6.07 Å². The number of nitriles is 1. The van der Waals surface area contributed by atoms with Crippen LogP contribution in [0.25, 0.3) is 0 Å². The molecule has 1 aromatic carbocycles. The van der Waals surface area contributed by atoms with E-state index in [1.54, 1.807) is 0 Å². The van der Waals surface area contributed by atoms with E-state index in [9.17, 15) is 10.1 Å². The summed E-state index contributed by atoms with van der Waals surface area (Å²) in [4.78, 5) is 15.5. The standard InChI is InChI=1S/C26H38N6O/c1-16(2)17(3)31-14-19-8-9-21(12-20(19)15-31)29-25-24-23(10-11-28-26(24)33)32(30-25)22-7-5-4-6-18(22)13-27/h8-9,12,16-18,22-25,29-30H,4-7,10-11,14-15H2,1-3H3,(H,28,33)/t17-,18-,22+,23?,24?,25?/m1/s1. The van der Waals surface area contributed by atoms with Crippen molar-refractivity contribution in [2.75, 3.05) is 11.9 Å². The van der Waals surface area contributed by atoms with Gasteiger partial charge in [0, 0.05) is 43.4 Å². The van der Waals surface area contributed by atoms with Gasteiger partial charge in [0.1, 0.15) is 6.17 Å². The zero-order chi connectivity index (χ0) is 23.1. The Labute approximate surface area is 197 Å². The third-order valence-electron chi connectivity index (χ3n) is 8.53. The van der Waals surface area contributed by atoms with Gasteiger partial charge < -0.3 is 10.6 Å². The van der Waals surface area contributed by atoms with Crippen molar-refractivity contribution >= 4 is 11.6 Å². The lowest BCUT2D eigenvalue weighted by molar-refractivity contribution is -0.128. The molecule has 1 saturated carbocycles. The number of amides is 1. The molecule has 1 aliphatic carbocycles. The Bertz CT molecular complexity index is 926. The molecule has 7 nitrogen and oxygen atoms in total. The molecule has 5 rings (SSSR count). The lowest BCUT2D eigenvalue weighted by Gasteiger charge is -2.39. The molecule has 7 heteroatoms. The number of anilines is 1. The van der Waals surface area contributed by atoms with Crippen molar-refractivity contribution < 1.29 is 4.79 Å². The monoisotopic (exact) mass is 450 g/mol. The summed E-state index contributed by atoms with van der Waals surface area (Å²) in [5, 5.41) is 18.8. The first-order valence-corrected chi connectivity index (χ1v) is 12.8. The van der Waals surface area contributed by atoms with E-state index in [2.05, 4.69) is 71.0 Å². The Morgan fingerprint density at radius 1 is 1.09 bits per heavy atom. The normalized spacial score (nSPS) is 33.3. The van der Waals surface area contributed by atoms with Gasteiger partial charge >= 0.3 is 0 Å². The van der Waals surface area contributed by atoms with Gasteiger partial charge in [-0.3, -0.25) is 9.69 Å². The first-order valence-electron chi connectivity index (χ1n) is 12.8. The van der Waals surface area contributed by atoms with E-state index in [-0.39, 0.29) is 36.0 Å². The molecule has 3 N–H and O–H groups in total. The molecule has 2 saturated heterocycles. The van der Waals surface area contributed by atoms with Crippen molar-refractivity contribution in [1.82, 2.24) is 20.7 Å². The second kappa shape index (κ2) is 9.25. The molecule has 6 atom stereocenters. The van der Waals surface area contributed by atoms with Gasteiger partial charge in [0.25, 0.3) is 0 Å². The number of carbonyl (C=O) groups is 1. The number of hydrazine groups is 1. The number of hydrogen-bond acceptors (Lipinski definition) is 6. The predicted octanol–water partition coefficient (Wildman–Crippen LogP) is 3.19. The Kier molecular flexibility index (Phi) is 6.34. The highest BCUT2D eigenvalue weighted by atomic mass is 16.2. The van der Waals surface area contributed by atoms with Crippen molar-refractivity contribution in [3.05, 3.63) is 29.3 Å². The number of carbonyl (C=O) groups excluding carboxylic acids is 1. The molecule has 0 spiro atoms. The van der Waals surface area contributed by atoms with Gasteiger partial charge in [0.05, 0.1) is 17.9 Å². The summed E-state index contributed by atoms with van der Waals surface area (Å²) in [7, 11) is 0. The van der Waals surface area contributed by atoms with Crippen molar-refractivity contribution in [2.24, 2.45) is 17.8 Å². The molecule has 1 amide bonds. The van der Waals surface area contributed by atoms with Gasteiger partial charge in [-0.1, -0.05) is 32.8 Å². The zero-order valence-electron chi connectivity index (χ0n) is 20.2. The fourth-order valence-electron chi connectivity index (χ4n) is 6.30. The quantitative estimate of drug-likeness (QED) is 0.639. The Hall–Kier alpha value is -2.14. The number of benzene rings is 1. The summed E-state index contributed by atoms with van der Waals surface area (Å²) in [5.74, 6) is 0.612. The average molecular weight is 451 g/mol. The van der Waals surface area contributed by atoms with Crippen molar-refractivity contribution in [2.45, 2.75) is 90.3 Å². The van der Waals surface area contributed by atoms with Gasteiger partial charge in [-0.05, 0) is 55.4 Å². The summed E-state index contributed by atoms with van der Waals surface area (Å²) < 4.78 is 0. The van der Waals surface area contributed by atoms with Crippen LogP contribution in [0, 0.1) is 29.1 Å². The molecule has 1 aromatic rings. The van der Waals surface area contributed by atoms with Gasteiger partial charge in [-0.2, -0.15) is 5.26 Å². The highest BCUT2D eigenvalue weighted by Crippen LogP contribution is 2.37. The minimum atomic E-state index is -0.165. The maximum absolute atomic E-state index is 12.9. The molecule has 3 heterocycles. The Balaban J connectivity index is 1.34. The van der Waals surface area contributed by atoms with E-state index in [0.717, 1.165) is 50.9 Å². The van der Waals surface area contributed by atoms with Crippen LogP contribution in [0.1, 0.15) is 64.0 Å². The summed E-state index contributed by atoms with van der Waals surface area (Å²) >= 11 is 0. The number of rotatable bonds is 5. The number of hydrogen-bond donors (Lipinski definition) is 3. The van der Waals surface area contributed by atoms with Crippen LogP contribution in [0.5, 0.6) is 0 Å². The molecule has 0 aromatic heterocycles. The summed E-state index contributed by atoms with van der Waals surface area (Å²) in [5.41, 5.74) is 7.50. The third-order valence-corrected chi connectivity index (χ3v) is 8.53. The van der Waals surface area contributed by atoms with Crippen LogP contribution in [-0.2, 0) is 17.9 Å². The van der Waals surface area contributed by atoms with Crippen molar-refractivity contribution in [1.29, 1.82) is 5.26 Å². The molecule has 4 aliphatic rings. The lowest BCUT2D eigenvalue weighted by Crippen LogP contribution is -2.54. The molecule has 3 aliphatic heterocycles. The first-order chi connectivity index (χ1) is 16.0. The summed E-state index contributed by atoms with van der Waals surface area (Å²) in [6.07, 6.45) is 5.01. The smallest absolute Gasteiger partial charge is 0.228 e. The van der Waals surface area contributed by atoms with Gasteiger partial charge in [-0.15, -0.1) is 0 Å². The SMILES string of the molecule is CC(C)[C@@H](C)N1Cc2ccc(NC3NN([C@H]4CCCC[C@@H]4C#N)C4CCNC(=O)C34)cc2C1. The van der Waals surface area contributed by atoms with E-state index < -0.39 is 0 Å². The molecule has 0 bridgehead atoms. The van der Waals surface area contributed by atoms with Crippen LogP contribution in [0.2, 0.25) is 0 Å². The lowest BCUT2D eigenvalue weighted by atomic mass is 9.83. The maximum Gasteiger partial charge on any atom is 0.228 e. The molecule has 178 valence electrons. The number of piperidine rings is 1. The first kappa shape index (κ1) is 22.6. The minimum Gasteiger partial charge on any atom is -0.368 e. The summed E-state index contributed by atoms with van der Waals surface area (Å²) in [6, 6.07) is 10.1. The maximum atomic E-state index is 12.9. The highest BCUT2D eigenvalue weighted by molar-refractivity contribution is 5.82. The predicted molar refractivity (Wildman–Crippen MR) is 129 cm³/mol. The van der Waals surface area contributed by atoms with Crippen LogP contribution in [0.15, 0.2) is 18.2 Å². The zero-order valence-corrected chi connectivity index (χ0v) is 20.2. The van der Waals surface area contributed by atoms with E-state index in [1.165, 1.54) is 11.1 Å². The average Bonchev–Trinajstić information content (AvgIpc) is 3.40. The molecule has 33 heavy (non-hydrogen) atoms. The summed E-state index contributed by atoms with van der Waals surface area (Å²) in [6.45, 7) is 9.58. The van der Waals surface area contributed by atoms with Gasteiger partial charge in [-0.25, -0.2) is 10.4 Å². The second-order valence-corrected chi connectivity index (χ2v) is 10.8. The second-order valence-electron chi connectivity index (χ2n) is 10.8. The Morgan fingerprint density at radius 2 is 1.88 bits per heavy atom.